The van der Waals surface area contributed by atoms with Gasteiger partial charge in [-0.15, -0.1) is 0 Å². The van der Waals surface area contributed by atoms with Crippen molar-refractivity contribution in [3.63, 3.8) is 0 Å². The second kappa shape index (κ2) is 6.62. The van der Waals surface area contributed by atoms with Gasteiger partial charge in [-0.25, -0.2) is 14.4 Å². The first kappa shape index (κ1) is 17.9. The average molecular weight is 371 g/mol. The SMILES string of the molecule is C=CC(=O)N1C[C@H](Nc2ncnc3[nH]cc([C@@H]4CC4(C)F)c23)CC[C@@H]1CC. The predicted molar refractivity (Wildman–Crippen MR) is 103 cm³/mol. The number of aromatic nitrogens is 3. The largest absolute Gasteiger partial charge is 0.365 e. The molecular weight excluding hydrogens is 345 g/mol. The van der Waals surface area contributed by atoms with E-state index >= 15 is 0 Å². The van der Waals surface area contributed by atoms with Crippen molar-refractivity contribution < 1.29 is 9.18 Å². The van der Waals surface area contributed by atoms with Gasteiger partial charge in [-0.2, -0.15) is 0 Å². The quantitative estimate of drug-likeness (QED) is 0.789. The van der Waals surface area contributed by atoms with Crippen molar-refractivity contribution in [3.05, 3.63) is 30.7 Å². The van der Waals surface area contributed by atoms with Crippen LogP contribution in [0.3, 0.4) is 0 Å². The fraction of sp³-hybridized carbons (Fsp3) is 0.550. The van der Waals surface area contributed by atoms with E-state index < -0.39 is 5.67 Å². The van der Waals surface area contributed by atoms with Crippen molar-refractivity contribution >= 4 is 22.8 Å². The van der Waals surface area contributed by atoms with Crippen LogP contribution in [0.5, 0.6) is 0 Å². The molecule has 1 saturated carbocycles. The highest BCUT2D eigenvalue weighted by molar-refractivity contribution is 5.91. The number of hydrogen-bond donors (Lipinski definition) is 2. The van der Waals surface area contributed by atoms with Crippen molar-refractivity contribution in [2.24, 2.45) is 0 Å². The van der Waals surface area contributed by atoms with E-state index in [0.717, 1.165) is 30.2 Å². The third-order valence-electron chi connectivity index (χ3n) is 6.02. The third-order valence-corrected chi connectivity index (χ3v) is 6.02. The number of fused-ring (bicyclic) bond motifs is 1. The summed E-state index contributed by atoms with van der Waals surface area (Å²) in [4.78, 5) is 26.0. The number of amides is 1. The first-order valence-electron chi connectivity index (χ1n) is 9.65. The molecule has 2 aromatic heterocycles. The molecule has 0 spiro atoms. The Morgan fingerprint density at radius 1 is 1.52 bits per heavy atom. The van der Waals surface area contributed by atoms with E-state index in [2.05, 4.69) is 33.8 Å². The number of hydrogen-bond acceptors (Lipinski definition) is 4. The number of carbonyl (C=O) groups is 1. The van der Waals surface area contributed by atoms with Crippen LogP contribution in [0, 0.1) is 0 Å². The van der Waals surface area contributed by atoms with E-state index in [1.54, 1.807) is 6.92 Å². The molecule has 2 aromatic rings. The third kappa shape index (κ3) is 3.19. The molecule has 4 rings (SSSR count). The molecule has 1 amide bonds. The fourth-order valence-corrected chi connectivity index (χ4v) is 4.30. The van der Waals surface area contributed by atoms with Crippen molar-refractivity contribution in [2.45, 2.75) is 63.2 Å². The Hall–Kier alpha value is -2.44. The Morgan fingerprint density at radius 2 is 2.30 bits per heavy atom. The molecule has 2 fully saturated rings. The number of anilines is 1. The normalized spacial score (nSPS) is 30.3. The molecular formula is C20H26FN5O. The lowest BCUT2D eigenvalue weighted by molar-refractivity contribution is -0.129. The summed E-state index contributed by atoms with van der Waals surface area (Å²) in [5, 5.41) is 4.36. The van der Waals surface area contributed by atoms with Gasteiger partial charge in [0.2, 0.25) is 5.91 Å². The second-order valence-electron chi connectivity index (χ2n) is 7.90. The number of alkyl halides is 1. The molecule has 4 atom stereocenters. The standard InChI is InChI=1S/C20H26FN5O/c1-4-13-7-6-12(10-26(13)16(27)5-2)25-19-17-14(15-8-20(15,3)21)9-22-18(17)23-11-24-19/h5,9,11-13,15H,2,4,6-8,10H2,1,3H3,(H2,22,23,24,25)/t12-,13+,15+,20?/m1/s1. The highest BCUT2D eigenvalue weighted by atomic mass is 19.1. The van der Waals surface area contributed by atoms with E-state index in [1.807, 2.05) is 11.1 Å². The van der Waals surface area contributed by atoms with Gasteiger partial charge in [0.15, 0.2) is 0 Å². The molecule has 3 heterocycles. The van der Waals surface area contributed by atoms with E-state index in [-0.39, 0.29) is 23.9 Å². The number of aromatic amines is 1. The zero-order chi connectivity index (χ0) is 19.2. The Kier molecular flexibility index (Phi) is 4.40. The van der Waals surface area contributed by atoms with Crippen molar-refractivity contribution in [1.82, 2.24) is 19.9 Å². The number of H-pyrrole nitrogens is 1. The van der Waals surface area contributed by atoms with Crippen molar-refractivity contribution in [1.29, 1.82) is 0 Å². The lowest BCUT2D eigenvalue weighted by atomic mass is 9.96. The van der Waals surface area contributed by atoms with Crippen LogP contribution in [0.15, 0.2) is 25.2 Å². The lowest BCUT2D eigenvalue weighted by Crippen LogP contribution is -2.50. The minimum atomic E-state index is -1.16. The van der Waals surface area contributed by atoms with E-state index in [1.165, 1.54) is 12.4 Å². The summed E-state index contributed by atoms with van der Waals surface area (Å²) in [6.45, 7) is 7.98. The maximum Gasteiger partial charge on any atom is 0.246 e. The topological polar surface area (TPSA) is 73.9 Å². The number of likely N-dealkylation sites (tertiary alicyclic amines) is 1. The molecule has 27 heavy (non-hydrogen) atoms. The zero-order valence-electron chi connectivity index (χ0n) is 15.8. The number of nitrogens with one attached hydrogen (secondary N) is 2. The minimum Gasteiger partial charge on any atom is -0.365 e. The molecule has 1 saturated heterocycles. The molecule has 1 aliphatic carbocycles. The highest BCUT2D eigenvalue weighted by Crippen LogP contribution is 2.56. The van der Waals surface area contributed by atoms with Crippen LogP contribution < -0.4 is 5.32 Å². The van der Waals surface area contributed by atoms with Gasteiger partial charge in [0.1, 0.15) is 23.5 Å². The van der Waals surface area contributed by atoms with Gasteiger partial charge < -0.3 is 15.2 Å². The van der Waals surface area contributed by atoms with Crippen molar-refractivity contribution in [3.8, 4) is 0 Å². The maximum atomic E-state index is 14.3. The van der Waals surface area contributed by atoms with Crippen LogP contribution in [0.25, 0.3) is 11.0 Å². The molecule has 1 aliphatic heterocycles. The van der Waals surface area contributed by atoms with Gasteiger partial charge in [-0.05, 0) is 44.2 Å². The second-order valence-corrected chi connectivity index (χ2v) is 7.90. The van der Waals surface area contributed by atoms with Crippen LogP contribution in [0.4, 0.5) is 10.2 Å². The molecule has 2 aliphatic rings. The Morgan fingerprint density at radius 3 is 2.96 bits per heavy atom. The predicted octanol–water partition coefficient (Wildman–Crippen LogP) is 3.54. The van der Waals surface area contributed by atoms with Crippen LogP contribution >= 0.6 is 0 Å². The van der Waals surface area contributed by atoms with Gasteiger partial charge in [0.25, 0.3) is 0 Å². The van der Waals surface area contributed by atoms with E-state index in [9.17, 15) is 9.18 Å². The maximum absolute atomic E-state index is 14.3. The van der Waals surface area contributed by atoms with Crippen LogP contribution in [0.1, 0.15) is 51.0 Å². The first-order chi connectivity index (χ1) is 12.9. The fourth-order valence-electron chi connectivity index (χ4n) is 4.30. The molecule has 6 nitrogen and oxygen atoms in total. The summed E-state index contributed by atoms with van der Waals surface area (Å²) in [5.74, 6) is 0.562. The van der Waals surface area contributed by atoms with Crippen LogP contribution in [-0.2, 0) is 4.79 Å². The van der Waals surface area contributed by atoms with Crippen molar-refractivity contribution in [2.75, 3.05) is 11.9 Å². The molecule has 144 valence electrons. The van der Waals surface area contributed by atoms with E-state index in [0.29, 0.717) is 24.4 Å². The van der Waals surface area contributed by atoms with Crippen LogP contribution in [-0.4, -0.2) is 50.1 Å². The summed E-state index contributed by atoms with van der Waals surface area (Å²) >= 11 is 0. The van der Waals surface area contributed by atoms with E-state index in [4.69, 9.17) is 0 Å². The summed E-state index contributed by atoms with van der Waals surface area (Å²) in [5.41, 5.74) is 0.486. The van der Waals surface area contributed by atoms with Crippen LogP contribution in [0.2, 0.25) is 0 Å². The molecule has 0 bridgehead atoms. The first-order valence-corrected chi connectivity index (χ1v) is 9.65. The van der Waals surface area contributed by atoms with Gasteiger partial charge in [-0.3, -0.25) is 4.79 Å². The van der Waals surface area contributed by atoms with Gasteiger partial charge >= 0.3 is 0 Å². The highest BCUT2D eigenvalue weighted by Gasteiger charge is 2.53. The van der Waals surface area contributed by atoms with Gasteiger partial charge in [-0.1, -0.05) is 13.5 Å². The number of rotatable bonds is 5. The smallest absolute Gasteiger partial charge is 0.246 e. The zero-order valence-corrected chi connectivity index (χ0v) is 15.8. The molecule has 0 aromatic carbocycles. The number of carbonyl (C=O) groups excluding carboxylic acids is 1. The summed E-state index contributed by atoms with van der Waals surface area (Å²) in [6.07, 6.45) is 8.09. The Balaban J connectivity index is 1.59. The monoisotopic (exact) mass is 371 g/mol. The minimum absolute atomic E-state index is 0.0327. The molecule has 2 N–H and O–H groups in total. The summed E-state index contributed by atoms with van der Waals surface area (Å²) in [7, 11) is 0. The average Bonchev–Trinajstić information content (AvgIpc) is 3.10. The summed E-state index contributed by atoms with van der Waals surface area (Å²) < 4.78 is 14.3. The Bertz CT molecular complexity index is 876. The summed E-state index contributed by atoms with van der Waals surface area (Å²) in [6, 6.07) is 0.342. The Labute approximate surface area is 158 Å². The molecule has 7 heteroatoms. The number of piperidine rings is 1. The van der Waals surface area contributed by atoms with Gasteiger partial charge in [0.05, 0.1) is 5.39 Å². The lowest BCUT2D eigenvalue weighted by Gasteiger charge is -2.39. The van der Waals surface area contributed by atoms with Gasteiger partial charge in [0, 0.05) is 30.7 Å². The number of halogens is 1. The molecule has 0 radical (unpaired) electrons. The number of nitrogens with zero attached hydrogens (tertiary/aromatic N) is 3. The molecule has 1 unspecified atom stereocenters.